The topological polar surface area (TPSA) is 15.4 Å². The number of nitrogens with zero attached hydrogens (tertiary/aromatic N) is 2. The van der Waals surface area contributed by atoms with Gasteiger partial charge in [0.1, 0.15) is 6.21 Å². The second kappa shape index (κ2) is 2.29. The number of rotatable bonds is 1. The van der Waals surface area contributed by atoms with E-state index in [-0.39, 0.29) is 0 Å². The van der Waals surface area contributed by atoms with Gasteiger partial charge in [-0.15, -0.1) is 0 Å². The largest absolute Gasteiger partial charge is 0.280 e. The summed E-state index contributed by atoms with van der Waals surface area (Å²) in [6.45, 7) is 4.36. The summed E-state index contributed by atoms with van der Waals surface area (Å²) in [5.41, 5.74) is 0. The molecule has 0 spiro atoms. The molecule has 0 aromatic rings. The summed E-state index contributed by atoms with van der Waals surface area (Å²) < 4.78 is 2.00. The average Bonchev–Trinajstić information content (AvgIpc) is 2.14. The van der Waals surface area contributed by atoms with E-state index < -0.39 is 0 Å². The maximum Gasteiger partial charge on any atom is 0.280 e. The molecule has 0 radical (unpaired) electrons. The van der Waals surface area contributed by atoms with Crippen LogP contribution in [0.3, 0.4) is 0 Å². The molecule has 50 valence electrons. The van der Waals surface area contributed by atoms with Gasteiger partial charge in [0.15, 0.2) is 6.04 Å². The van der Waals surface area contributed by atoms with Gasteiger partial charge < -0.3 is 0 Å². The highest BCUT2D eigenvalue weighted by atomic mass is 15.1. The lowest BCUT2D eigenvalue weighted by Crippen LogP contribution is -2.13. The van der Waals surface area contributed by atoms with Crippen LogP contribution in [0, 0.1) is 5.92 Å². The van der Waals surface area contributed by atoms with Crippen molar-refractivity contribution in [1.82, 2.24) is 0 Å². The van der Waals surface area contributed by atoms with Gasteiger partial charge in [0.2, 0.25) is 0 Å². The van der Waals surface area contributed by atoms with Gasteiger partial charge in [0, 0.05) is 5.92 Å². The third-order valence-electron chi connectivity index (χ3n) is 1.49. The Morgan fingerprint density at radius 3 is 2.44 bits per heavy atom. The minimum Gasteiger partial charge on any atom is -0.240 e. The van der Waals surface area contributed by atoms with E-state index in [0.717, 1.165) is 0 Å². The highest BCUT2D eigenvalue weighted by Crippen LogP contribution is 2.05. The molecule has 1 atom stereocenters. The Morgan fingerprint density at radius 1 is 1.56 bits per heavy atom. The molecule has 1 heterocycles. The molecule has 1 aliphatic rings. The van der Waals surface area contributed by atoms with Crippen molar-refractivity contribution in [3.8, 4) is 0 Å². The molecule has 0 saturated carbocycles. The standard InChI is InChI=1S/C7H13N2/c1-6(2)7-4-9(3)5-8-7/h4-7H,1-3H3/q+1. The molecule has 1 unspecified atom stereocenters. The summed E-state index contributed by atoms with van der Waals surface area (Å²) in [7, 11) is 2.01. The lowest BCUT2D eigenvalue weighted by Gasteiger charge is -1.98. The Morgan fingerprint density at radius 2 is 2.22 bits per heavy atom. The van der Waals surface area contributed by atoms with E-state index in [9.17, 15) is 0 Å². The van der Waals surface area contributed by atoms with E-state index in [2.05, 4.69) is 25.1 Å². The minimum absolute atomic E-state index is 0.412. The van der Waals surface area contributed by atoms with Crippen molar-refractivity contribution in [3.05, 3.63) is 0 Å². The quantitative estimate of drug-likeness (QED) is 0.460. The maximum absolute atomic E-state index is 4.26. The highest BCUT2D eigenvalue weighted by Gasteiger charge is 2.20. The van der Waals surface area contributed by atoms with E-state index in [1.165, 1.54) is 0 Å². The van der Waals surface area contributed by atoms with Crippen molar-refractivity contribution in [2.24, 2.45) is 10.9 Å². The van der Waals surface area contributed by atoms with E-state index in [4.69, 9.17) is 0 Å². The van der Waals surface area contributed by atoms with Gasteiger partial charge in [0.25, 0.3) is 6.34 Å². The zero-order chi connectivity index (χ0) is 6.85. The zero-order valence-corrected chi connectivity index (χ0v) is 6.20. The lowest BCUT2D eigenvalue weighted by molar-refractivity contribution is -0.351. The molecule has 0 bridgehead atoms. The van der Waals surface area contributed by atoms with E-state index >= 15 is 0 Å². The van der Waals surface area contributed by atoms with Crippen LogP contribution in [0.1, 0.15) is 13.8 Å². The molecular formula is C7H13N2+. The molecule has 0 fully saturated rings. The smallest absolute Gasteiger partial charge is 0.240 e. The second-order valence-corrected chi connectivity index (χ2v) is 2.81. The molecule has 9 heavy (non-hydrogen) atoms. The van der Waals surface area contributed by atoms with Crippen LogP contribution < -0.4 is 0 Å². The molecule has 2 heteroatoms. The van der Waals surface area contributed by atoms with Gasteiger partial charge >= 0.3 is 0 Å². The lowest BCUT2D eigenvalue weighted by atomic mass is 10.1. The van der Waals surface area contributed by atoms with Gasteiger partial charge in [0.05, 0.1) is 7.05 Å². The molecular weight excluding hydrogens is 112 g/mol. The van der Waals surface area contributed by atoms with Crippen LogP contribution in [-0.2, 0) is 0 Å². The van der Waals surface area contributed by atoms with Gasteiger partial charge in [-0.2, -0.15) is 0 Å². The van der Waals surface area contributed by atoms with Crippen molar-refractivity contribution in [2.75, 3.05) is 7.05 Å². The number of aliphatic imine (C=N–C) groups is 1. The van der Waals surface area contributed by atoms with Crippen LogP contribution in [0.15, 0.2) is 4.99 Å². The van der Waals surface area contributed by atoms with Crippen molar-refractivity contribution < 1.29 is 4.58 Å². The van der Waals surface area contributed by atoms with Crippen LogP contribution in [-0.4, -0.2) is 30.2 Å². The Kier molecular flexibility index (Phi) is 1.65. The first-order valence-corrected chi connectivity index (χ1v) is 3.30. The predicted molar refractivity (Wildman–Crippen MR) is 39.4 cm³/mol. The Balaban J connectivity index is 2.59. The minimum atomic E-state index is 0.412. The predicted octanol–water partition coefficient (Wildman–Crippen LogP) is 0.766. The van der Waals surface area contributed by atoms with E-state index in [0.29, 0.717) is 12.0 Å². The fraction of sp³-hybridized carbons (Fsp3) is 0.714. The average molecular weight is 125 g/mol. The van der Waals surface area contributed by atoms with E-state index in [1.807, 2.05) is 18.0 Å². The zero-order valence-electron chi connectivity index (χ0n) is 6.20. The SMILES string of the molecule is CC(C)C1C=[N+](C)C=N1. The second-order valence-electron chi connectivity index (χ2n) is 2.81. The Hall–Kier alpha value is -0.660. The summed E-state index contributed by atoms with van der Waals surface area (Å²) in [6, 6.07) is 0.412. The fourth-order valence-corrected chi connectivity index (χ4v) is 0.844. The molecule has 1 aliphatic heterocycles. The first-order chi connectivity index (χ1) is 4.20. The number of hydrogen-bond acceptors (Lipinski definition) is 1. The van der Waals surface area contributed by atoms with Gasteiger partial charge in [-0.3, -0.25) is 0 Å². The van der Waals surface area contributed by atoms with Gasteiger partial charge in [-0.25, -0.2) is 4.58 Å². The van der Waals surface area contributed by atoms with Crippen molar-refractivity contribution in [3.63, 3.8) is 0 Å². The first kappa shape index (κ1) is 6.46. The molecule has 2 nitrogen and oxygen atoms in total. The molecule has 0 N–H and O–H groups in total. The van der Waals surface area contributed by atoms with Crippen LogP contribution in [0.25, 0.3) is 0 Å². The summed E-state index contributed by atoms with van der Waals surface area (Å²) in [5.74, 6) is 0.631. The molecule has 0 amide bonds. The van der Waals surface area contributed by atoms with E-state index in [1.54, 1.807) is 0 Å². The summed E-state index contributed by atoms with van der Waals surface area (Å²) >= 11 is 0. The first-order valence-electron chi connectivity index (χ1n) is 3.30. The normalized spacial score (nSPS) is 25.3. The van der Waals surface area contributed by atoms with Crippen LogP contribution in [0.2, 0.25) is 0 Å². The molecule has 1 rings (SSSR count). The Labute approximate surface area is 55.9 Å². The summed E-state index contributed by atoms with van der Waals surface area (Å²) in [4.78, 5) is 4.26. The van der Waals surface area contributed by atoms with Gasteiger partial charge in [-0.05, 0) is 0 Å². The third kappa shape index (κ3) is 1.37. The van der Waals surface area contributed by atoms with Crippen LogP contribution >= 0.6 is 0 Å². The number of hydrogen-bond donors (Lipinski definition) is 0. The molecule has 0 saturated heterocycles. The molecule has 0 aromatic heterocycles. The van der Waals surface area contributed by atoms with Crippen molar-refractivity contribution in [2.45, 2.75) is 19.9 Å². The fourth-order valence-electron chi connectivity index (χ4n) is 0.844. The van der Waals surface area contributed by atoms with Gasteiger partial charge in [-0.1, -0.05) is 18.8 Å². The van der Waals surface area contributed by atoms with Crippen LogP contribution in [0.5, 0.6) is 0 Å². The van der Waals surface area contributed by atoms with Crippen molar-refractivity contribution in [1.29, 1.82) is 0 Å². The third-order valence-corrected chi connectivity index (χ3v) is 1.49. The molecule has 0 aliphatic carbocycles. The van der Waals surface area contributed by atoms with Crippen LogP contribution in [0.4, 0.5) is 0 Å². The van der Waals surface area contributed by atoms with Crippen molar-refractivity contribution >= 4 is 12.6 Å². The summed E-state index contributed by atoms with van der Waals surface area (Å²) in [6.07, 6.45) is 4.00. The monoisotopic (exact) mass is 125 g/mol. The Bertz CT molecular complexity index is 156. The maximum atomic E-state index is 4.26. The summed E-state index contributed by atoms with van der Waals surface area (Å²) in [5, 5.41) is 0. The highest BCUT2D eigenvalue weighted by molar-refractivity contribution is 5.71. The molecule has 0 aromatic carbocycles.